The van der Waals surface area contributed by atoms with Gasteiger partial charge in [-0.15, -0.1) is 0 Å². The second kappa shape index (κ2) is 12.6. The largest absolute Gasteiger partial charge is 0.491 e. The topological polar surface area (TPSA) is 95.1 Å². The highest BCUT2D eigenvalue weighted by Gasteiger charge is 2.36. The van der Waals surface area contributed by atoms with Crippen molar-refractivity contribution in [2.45, 2.75) is 18.8 Å². The first-order valence-corrected chi connectivity index (χ1v) is 13.6. The van der Waals surface area contributed by atoms with E-state index in [4.69, 9.17) is 4.74 Å². The molecule has 2 aliphatic rings. The Morgan fingerprint density at radius 1 is 1.02 bits per heavy atom. The molecule has 1 atom stereocenters. The minimum absolute atomic E-state index is 0.0269. The second-order valence-corrected chi connectivity index (χ2v) is 10.2. The fourth-order valence-corrected chi connectivity index (χ4v) is 5.14. The van der Waals surface area contributed by atoms with Crippen LogP contribution >= 0.6 is 0 Å². The first kappa shape index (κ1) is 29.1. The van der Waals surface area contributed by atoms with Gasteiger partial charge in [0.15, 0.2) is 0 Å². The summed E-state index contributed by atoms with van der Waals surface area (Å²) in [5, 5.41) is 2.67. The van der Waals surface area contributed by atoms with Crippen molar-refractivity contribution in [3.63, 3.8) is 0 Å². The zero-order valence-electron chi connectivity index (χ0n) is 22.7. The van der Waals surface area contributed by atoms with Crippen LogP contribution < -0.4 is 10.1 Å². The van der Waals surface area contributed by atoms with Gasteiger partial charge in [-0.2, -0.15) is 13.2 Å². The molecular formula is C30H30F3N5O4. The van der Waals surface area contributed by atoms with Crippen LogP contribution in [0.25, 0.3) is 0 Å². The van der Waals surface area contributed by atoms with Crippen LogP contribution in [-0.4, -0.2) is 89.3 Å². The van der Waals surface area contributed by atoms with Crippen molar-refractivity contribution in [2.24, 2.45) is 0 Å². The summed E-state index contributed by atoms with van der Waals surface area (Å²) in [5.74, 6) is -1.13. The highest BCUT2D eigenvalue weighted by Crippen LogP contribution is 2.33. The van der Waals surface area contributed by atoms with E-state index in [0.717, 1.165) is 23.8 Å². The van der Waals surface area contributed by atoms with E-state index in [1.54, 1.807) is 52.5 Å². The van der Waals surface area contributed by atoms with Gasteiger partial charge in [0.05, 0.1) is 23.7 Å². The van der Waals surface area contributed by atoms with Gasteiger partial charge < -0.3 is 19.9 Å². The molecule has 3 heterocycles. The Balaban J connectivity index is 1.45. The van der Waals surface area contributed by atoms with E-state index in [9.17, 15) is 27.6 Å². The van der Waals surface area contributed by atoms with Crippen LogP contribution in [0.3, 0.4) is 0 Å². The van der Waals surface area contributed by atoms with Crippen LogP contribution in [0.5, 0.6) is 5.75 Å². The second-order valence-electron chi connectivity index (χ2n) is 10.2. The van der Waals surface area contributed by atoms with Gasteiger partial charge in [0, 0.05) is 57.2 Å². The lowest BCUT2D eigenvalue weighted by Gasteiger charge is -2.42. The van der Waals surface area contributed by atoms with Crippen LogP contribution in [0.15, 0.2) is 73.1 Å². The molecule has 3 amide bonds. The molecule has 5 rings (SSSR count). The van der Waals surface area contributed by atoms with Gasteiger partial charge in [0.25, 0.3) is 11.8 Å². The van der Waals surface area contributed by atoms with Crippen molar-refractivity contribution in [2.75, 3.05) is 45.9 Å². The van der Waals surface area contributed by atoms with Crippen molar-refractivity contribution < 1.29 is 32.3 Å². The molecule has 9 nitrogen and oxygen atoms in total. The number of pyridine rings is 1. The predicted octanol–water partition coefficient (Wildman–Crippen LogP) is 3.08. The summed E-state index contributed by atoms with van der Waals surface area (Å²) in [6.45, 7) is 1.34. The number of aromatic nitrogens is 1. The number of rotatable bonds is 3. The predicted molar refractivity (Wildman–Crippen MR) is 147 cm³/mol. The number of nitrogens with one attached hydrogen (secondary N) is 1. The number of carbonyl (C=O) groups excluding carboxylic acids is 3. The highest BCUT2D eigenvalue weighted by molar-refractivity contribution is 5.97. The number of alkyl halides is 3. The van der Waals surface area contributed by atoms with Gasteiger partial charge in [0.2, 0.25) is 5.91 Å². The van der Waals surface area contributed by atoms with Crippen molar-refractivity contribution in [3.05, 3.63) is 95.3 Å². The molecule has 2 aromatic carbocycles. The number of nitrogens with zero attached hydrogens (tertiary/aromatic N) is 4. The molecule has 3 aromatic rings. The van der Waals surface area contributed by atoms with E-state index in [1.165, 1.54) is 0 Å². The number of piperazine rings is 1. The first-order valence-electron chi connectivity index (χ1n) is 13.6. The molecular weight excluding hydrogens is 551 g/mol. The minimum atomic E-state index is -4.65. The Morgan fingerprint density at radius 3 is 2.57 bits per heavy atom. The van der Waals surface area contributed by atoms with Crippen LogP contribution in [0.1, 0.15) is 31.8 Å². The van der Waals surface area contributed by atoms with Gasteiger partial charge in [-0.3, -0.25) is 24.3 Å². The lowest BCUT2D eigenvalue weighted by molar-refractivity contribution is -0.138. The Labute approximate surface area is 240 Å². The lowest BCUT2D eigenvalue weighted by Crippen LogP contribution is -2.60. The maximum atomic E-state index is 13.7. The van der Waals surface area contributed by atoms with E-state index in [0.29, 0.717) is 18.7 Å². The van der Waals surface area contributed by atoms with Gasteiger partial charge in [0.1, 0.15) is 12.4 Å². The third kappa shape index (κ3) is 6.88. The first-order chi connectivity index (χ1) is 20.2. The van der Waals surface area contributed by atoms with E-state index >= 15 is 0 Å². The normalized spacial score (nSPS) is 18.9. The Bertz CT molecular complexity index is 1420. The maximum Gasteiger partial charge on any atom is 0.416 e. The molecule has 2 aliphatic heterocycles. The van der Waals surface area contributed by atoms with Crippen LogP contribution in [-0.2, 0) is 17.5 Å². The standard InChI is InChI=1S/C30H30F3N5O4/c31-30(32,33)23-8-9-26-25(15-23)28(40)35-11-12-36(17-21-5-4-10-34-16-21)19-27(39)38-14-13-37(18-24(38)20-42-26)29(41)22-6-2-1-3-7-22/h1-10,15-16,24H,11-14,17-20H2,(H,35,40)/t24-/m0/s1. The molecule has 0 unspecified atom stereocenters. The summed E-state index contributed by atoms with van der Waals surface area (Å²) in [6.07, 6.45) is -1.33. The summed E-state index contributed by atoms with van der Waals surface area (Å²) >= 11 is 0. The summed E-state index contributed by atoms with van der Waals surface area (Å²) in [7, 11) is 0. The number of benzene rings is 2. The molecule has 0 spiro atoms. The molecule has 0 aliphatic carbocycles. The number of ether oxygens (including phenoxy) is 1. The van der Waals surface area contributed by atoms with E-state index in [1.807, 2.05) is 17.0 Å². The summed E-state index contributed by atoms with van der Waals surface area (Å²) in [5.41, 5.74) is 0.136. The van der Waals surface area contributed by atoms with Crippen LogP contribution in [0.4, 0.5) is 13.2 Å². The zero-order valence-corrected chi connectivity index (χ0v) is 22.7. The zero-order chi connectivity index (χ0) is 29.7. The number of hydrogen-bond donors (Lipinski definition) is 1. The number of amides is 3. The monoisotopic (exact) mass is 581 g/mol. The molecule has 0 radical (unpaired) electrons. The fourth-order valence-electron chi connectivity index (χ4n) is 5.14. The minimum Gasteiger partial charge on any atom is -0.491 e. The molecule has 0 saturated carbocycles. The molecule has 1 aromatic heterocycles. The maximum absolute atomic E-state index is 13.7. The summed E-state index contributed by atoms with van der Waals surface area (Å²) < 4.78 is 46.4. The third-order valence-corrected chi connectivity index (χ3v) is 7.30. The van der Waals surface area contributed by atoms with Crippen LogP contribution in [0.2, 0.25) is 0 Å². The average Bonchev–Trinajstić information content (AvgIpc) is 3.00. The molecule has 0 bridgehead atoms. The highest BCUT2D eigenvalue weighted by atomic mass is 19.4. The van der Waals surface area contributed by atoms with Crippen molar-refractivity contribution in [3.8, 4) is 5.75 Å². The van der Waals surface area contributed by atoms with Gasteiger partial charge in [-0.05, 0) is 42.0 Å². The average molecular weight is 582 g/mol. The Kier molecular flexibility index (Phi) is 8.72. The molecule has 42 heavy (non-hydrogen) atoms. The molecule has 1 saturated heterocycles. The summed E-state index contributed by atoms with van der Waals surface area (Å²) in [6, 6.07) is 14.6. The smallest absolute Gasteiger partial charge is 0.416 e. The number of hydrogen-bond acceptors (Lipinski definition) is 6. The quantitative estimate of drug-likeness (QED) is 0.511. The van der Waals surface area contributed by atoms with E-state index in [2.05, 4.69) is 10.3 Å². The number of fused-ring (bicyclic) bond motifs is 2. The van der Waals surface area contributed by atoms with Crippen molar-refractivity contribution in [1.29, 1.82) is 0 Å². The fraction of sp³-hybridized carbons (Fsp3) is 0.333. The molecule has 220 valence electrons. The van der Waals surface area contributed by atoms with E-state index in [-0.39, 0.29) is 62.5 Å². The van der Waals surface area contributed by atoms with Crippen LogP contribution in [0, 0.1) is 0 Å². The SMILES string of the molecule is O=C1NCCN(Cc2cccnc2)CC(=O)N2CCN(C(=O)c3ccccc3)C[C@H]2COc2ccc(C(F)(F)F)cc21. The number of halogens is 3. The molecule has 1 N–H and O–H groups in total. The molecule has 1 fully saturated rings. The molecule has 12 heteroatoms. The van der Waals surface area contributed by atoms with Gasteiger partial charge in [-0.25, -0.2) is 0 Å². The summed E-state index contributed by atoms with van der Waals surface area (Å²) in [4.78, 5) is 49.2. The number of carbonyl (C=O) groups is 3. The third-order valence-electron chi connectivity index (χ3n) is 7.30. The van der Waals surface area contributed by atoms with Crippen molar-refractivity contribution >= 4 is 17.7 Å². The van der Waals surface area contributed by atoms with E-state index < -0.39 is 23.7 Å². The van der Waals surface area contributed by atoms with Crippen molar-refractivity contribution in [1.82, 2.24) is 25.0 Å². The van der Waals surface area contributed by atoms with Gasteiger partial charge >= 0.3 is 6.18 Å². The Hall–Kier alpha value is -4.45. The van der Waals surface area contributed by atoms with Gasteiger partial charge in [-0.1, -0.05) is 24.3 Å². The lowest BCUT2D eigenvalue weighted by atomic mass is 10.1. The Morgan fingerprint density at radius 2 is 1.83 bits per heavy atom.